The first-order valence-corrected chi connectivity index (χ1v) is 16.1. The van der Waals surface area contributed by atoms with Crippen LogP contribution in [0.25, 0.3) is 50.2 Å². The number of aryl methyl sites for hydroxylation is 1. The maximum absolute atomic E-state index is 13.7. The Kier molecular flexibility index (Phi) is 6.18. The van der Waals surface area contributed by atoms with Crippen molar-refractivity contribution < 1.29 is 14.7 Å². The highest BCUT2D eigenvalue weighted by Gasteiger charge is 2.60. The van der Waals surface area contributed by atoms with Gasteiger partial charge in [0.1, 0.15) is 6.33 Å². The smallest absolute Gasteiger partial charge is 0.262 e. The maximum atomic E-state index is 13.7. The monoisotopic (exact) mass is 643 g/mol. The van der Waals surface area contributed by atoms with Gasteiger partial charge in [0.25, 0.3) is 11.8 Å². The van der Waals surface area contributed by atoms with E-state index >= 15 is 0 Å². The number of fused-ring (bicyclic) bond motifs is 4. The third-order valence-electron chi connectivity index (χ3n) is 9.73. The molecule has 238 valence electrons. The van der Waals surface area contributed by atoms with Crippen LogP contribution in [-0.4, -0.2) is 57.0 Å². The van der Waals surface area contributed by atoms with Crippen molar-refractivity contribution >= 4 is 28.5 Å². The highest BCUT2D eigenvalue weighted by Crippen LogP contribution is 2.55. The molecule has 1 N–H and O–H groups in total. The SMILES string of the molecule is Cc1cc2ncc3c(-c4cncnc4)c(-c4ccccc4)c(-c4ccc([C@]5(N6C(=O)c7ccccc7C6=O)C[C@@](C)(O)C5)cc4)nc3n2n1. The van der Waals surface area contributed by atoms with E-state index < -0.39 is 11.1 Å². The highest BCUT2D eigenvalue weighted by molar-refractivity contribution is 6.22. The van der Waals surface area contributed by atoms with Crippen molar-refractivity contribution in [1.29, 1.82) is 0 Å². The number of benzene rings is 3. The van der Waals surface area contributed by atoms with Gasteiger partial charge in [0.2, 0.25) is 0 Å². The molecule has 3 aromatic carbocycles. The van der Waals surface area contributed by atoms with Crippen LogP contribution in [0.2, 0.25) is 0 Å². The lowest BCUT2D eigenvalue weighted by Crippen LogP contribution is -2.63. The molecule has 0 radical (unpaired) electrons. The molecule has 1 aliphatic carbocycles. The van der Waals surface area contributed by atoms with Crippen LogP contribution in [0.15, 0.2) is 110 Å². The van der Waals surface area contributed by atoms with E-state index in [1.807, 2.05) is 73.8 Å². The van der Waals surface area contributed by atoms with Crippen LogP contribution in [0.1, 0.15) is 51.7 Å². The molecule has 0 bridgehead atoms. The Labute approximate surface area is 280 Å². The molecule has 10 heteroatoms. The van der Waals surface area contributed by atoms with Gasteiger partial charge in [-0.1, -0.05) is 66.7 Å². The minimum Gasteiger partial charge on any atom is -0.390 e. The standard InChI is InChI=1S/C39H29N7O3/c1-23-16-31-42-19-30-32(26-17-40-22-41-18-26)33(24-8-4-3-5-9-24)34(43-35(30)46(31)44-23)25-12-14-27(15-13-25)39(20-38(2,49)21-39)45-36(47)28-10-6-7-11-29(28)37(45)48/h3-19,22,49H,20-21H2,1-2H3/t38-,39+. The summed E-state index contributed by atoms with van der Waals surface area (Å²) in [5.41, 5.74) is 6.68. The maximum Gasteiger partial charge on any atom is 0.262 e. The predicted molar refractivity (Wildman–Crippen MR) is 183 cm³/mol. The topological polar surface area (TPSA) is 126 Å². The molecule has 7 aromatic rings. The van der Waals surface area contributed by atoms with Crippen molar-refractivity contribution in [2.75, 3.05) is 0 Å². The molecule has 1 fully saturated rings. The first-order valence-electron chi connectivity index (χ1n) is 16.1. The van der Waals surface area contributed by atoms with Gasteiger partial charge in [0, 0.05) is 65.1 Å². The molecule has 10 nitrogen and oxygen atoms in total. The van der Waals surface area contributed by atoms with Gasteiger partial charge in [-0.3, -0.25) is 14.5 Å². The summed E-state index contributed by atoms with van der Waals surface area (Å²) in [6.07, 6.45) is 7.37. The fourth-order valence-corrected chi connectivity index (χ4v) is 7.77. The van der Waals surface area contributed by atoms with Crippen molar-refractivity contribution in [3.05, 3.63) is 132 Å². The van der Waals surface area contributed by atoms with Gasteiger partial charge in [-0.15, -0.1) is 0 Å². The van der Waals surface area contributed by atoms with E-state index in [1.165, 1.54) is 11.2 Å². The average molecular weight is 644 g/mol. The van der Waals surface area contributed by atoms with Gasteiger partial charge in [0.05, 0.1) is 33.7 Å². The molecular formula is C39H29N7O3. The Morgan fingerprint density at radius 3 is 2.06 bits per heavy atom. The minimum absolute atomic E-state index is 0.232. The second kappa shape index (κ2) is 10.4. The lowest BCUT2D eigenvalue weighted by atomic mass is 9.61. The third-order valence-corrected chi connectivity index (χ3v) is 9.73. The Balaban J connectivity index is 1.26. The van der Waals surface area contributed by atoms with E-state index in [1.54, 1.807) is 48.1 Å². The molecule has 0 spiro atoms. The third kappa shape index (κ3) is 4.34. The molecule has 1 saturated carbocycles. The van der Waals surface area contributed by atoms with Crippen LogP contribution in [0, 0.1) is 6.92 Å². The lowest BCUT2D eigenvalue weighted by Gasteiger charge is -2.55. The quantitative estimate of drug-likeness (QED) is 0.213. The molecule has 0 atom stereocenters. The van der Waals surface area contributed by atoms with Crippen LogP contribution < -0.4 is 0 Å². The van der Waals surface area contributed by atoms with E-state index in [0.29, 0.717) is 28.1 Å². The van der Waals surface area contributed by atoms with Crippen LogP contribution in [-0.2, 0) is 5.54 Å². The summed E-state index contributed by atoms with van der Waals surface area (Å²) in [4.78, 5) is 47.5. The van der Waals surface area contributed by atoms with E-state index in [4.69, 9.17) is 15.1 Å². The summed E-state index contributed by atoms with van der Waals surface area (Å²) in [6, 6.07) is 26.7. The number of rotatable bonds is 5. The first-order chi connectivity index (χ1) is 23.7. The molecular weight excluding hydrogens is 614 g/mol. The molecule has 2 aliphatic rings. The summed E-state index contributed by atoms with van der Waals surface area (Å²) in [5, 5.41) is 16.5. The molecule has 4 aromatic heterocycles. The van der Waals surface area contributed by atoms with Crippen LogP contribution in [0.3, 0.4) is 0 Å². The number of carbonyl (C=O) groups excluding carboxylic acids is 2. The molecule has 0 unspecified atom stereocenters. The summed E-state index contributed by atoms with van der Waals surface area (Å²) in [6.45, 7) is 3.66. The number of amides is 2. The van der Waals surface area contributed by atoms with E-state index in [-0.39, 0.29) is 24.7 Å². The number of aliphatic hydroxyl groups is 1. The Hall–Kier alpha value is -6.13. The zero-order chi connectivity index (χ0) is 33.5. The summed E-state index contributed by atoms with van der Waals surface area (Å²) in [5.74, 6) is -0.686. The van der Waals surface area contributed by atoms with Gasteiger partial charge >= 0.3 is 0 Å². The minimum atomic E-state index is -1.03. The van der Waals surface area contributed by atoms with E-state index in [2.05, 4.69) is 9.97 Å². The molecule has 5 heterocycles. The highest BCUT2D eigenvalue weighted by atomic mass is 16.3. The van der Waals surface area contributed by atoms with Crippen molar-refractivity contribution in [2.45, 2.75) is 37.8 Å². The fourth-order valence-electron chi connectivity index (χ4n) is 7.77. The number of hydrogen-bond donors (Lipinski definition) is 1. The van der Waals surface area contributed by atoms with Gasteiger partial charge in [0.15, 0.2) is 11.3 Å². The van der Waals surface area contributed by atoms with Gasteiger partial charge in [-0.05, 0) is 37.1 Å². The number of nitrogens with zero attached hydrogens (tertiary/aromatic N) is 7. The molecule has 9 rings (SSSR count). The van der Waals surface area contributed by atoms with Gasteiger partial charge in [-0.25, -0.2) is 19.9 Å². The summed E-state index contributed by atoms with van der Waals surface area (Å²) >= 11 is 0. The number of carbonyl (C=O) groups is 2. The van der Waals surface area contributed by atoms with Crippen molar-refractivity contribution in [2.24, 2.45) is 0 Å². The second-order valence-electron chi connectivity index (χ2n) is 13.2. The lowest BCUT2D eigenvalue weighted by molar-refractivity contribution is -0.118. The van der Waals surface area contributed by atoms with E-state index in [9.17, 15) is 14.7 Å². The molecule has 2 amide bonds. The second-order valence-corrected chi connectivity index (χ2v) is 13.2. The zero-order valence-corrected chi connectivity index (χ0v) is 26.7. The molecule has 0 saturated heterocycles. The van der Waals surface area contributed by atoms with Gasteiger partial charge < -0.3 is 5.11 Å². The largest absolute Gasteiger partial charge is 0.390 e. The molecule has 1 aliphatic heterocycles. The van der Waals surface area contributed by atoms with Crippen molar-refractivity contribution in [3.63, 3.8) is 0 Å². The zero-order valence-electron chi connectivity index (χ0n) is 26.7. The predicted octanol–water partition coefficient (Wildman–Crippen LogP) is 6.41. The van der Waals surface area contributed by atoms with E-state index in [0.717, 1.165) is 44.5 Å². The first kappa shape index (κ1) is 29.0. The van der Waals surface area contributed by atoms with Crippen LogP contribution >= 0.6 is 0 Å². The van der Waals surface area contributed by atoms with Crippen LogP contribution in [0.5, 0.6) is 0 Å². The fraction of sp³-hybridized carbons (Fsp3) is 0.154. The van der Waals surface area contributed by atoms with Crippen LogP contribution in [0.4, 0.5) is 0 Å². The number of aromatic nitrogens is 6. The number of hydrogen-bond acceptors (Lipinski definition) is 8. The number of pyridine rings is 1. The normalized spacial score (nSPS) is 20.2. The molecule has 49 heavy (non-hydrogen) atoms. The van der Waals surface area contributed by atoms with Gasteiger partial charge in [-0.2, -0.15) is 9.61 Å². The number of imide groups is 1. The average Bonchev–Trinajstić information content (AvgIpc) is 3.62. The Morgan fingerprint density at radius 2 is 1.41 bits per heavy atom. The van der Waals surface area contributed by atoms with Crippen molar-refractivity contribution in [1.82, 2.24) is 34.4 Å². The summed E-state index contributed by atoms with van der Waals surface area (Å²) < 4.78 is 1.76. The summed E-state index contributed by atoms with van der Waals surface area (Å²) in [7, 11) is 0. The Bertz CT molecular complexity index is 2430. The van der Waals surface area contributed by atoms with Crippen molar-refractivity contribution in [3.8, 4) is 33.5 Å². The Morgan fingerprint density at radius 1 is 0.755 bits per heavy atom.